The van der Waals surface area contributed by atoms with E-state index in [1.807, 2.05) is 4.90 Å². The summed E-state index contributed by atoms with van der Waals surface area (Å²) in [4.78, 5) is 27.4. The molecule has 5 heteroatoms. The quantitative estimate of drug-likeness (QED) is 0.682. The van der Waals surface area contributed by atoms with Gasteiger partial charge in [-0.25, -0.2) is 0 Å². The van der Waals surface area contributed by atoms with Crippen LogP contribution in [0, 0.1) is 5.92 Å². The summed E-state index contributed by atoms with van der Waals surface area (Å²) in [6.45, 7) is 6.37. The van der Waals surface area contributed by atoms with E-state index >= 15 is 0 Å². The average molecular weight is 239 g/mol. The number of carbonyl (C=O) groups excluding carboxylic acids is 2. The van der Waals surface area contributed by atoms with E-state index in [2.05, 4.69) is 5.32 Å². The van der Waals surface area contributed by atoms with Crippen LogP contribution in [0.5, 0.6) is 0 Å². The summed E-state index contributed by atoms with van der Waals surface area (Å²) in [5, 5.41) is 3.24. The lowest BCUT2D eigenvalue weighted by Crippen LogP contribution is -2.51. The number of hydrogen-bond donors (Lipinski definition) is 1. The number of rotatable bonds is 1. The summed E-state index contributed by atoms with van der Waals surface area (Å²) in [5.74, 6) is 0.339. The topological polar surface area (TPSA) is 52.7 Å². The Bertz CT molecular complexity index is 300. The molecule has 0 aromatic rings. The smallest absolute Gasteiger partial charge is 0.227 e. The Labute approximate surface area is 102 Å². The molecule has 2 heterocycles. The van der Waals surface area contributed by atoms with Crippen molar-refractivity contribution in [3.63, 3.8) is 0 Å². The molecule has 2 aliphatic heterocycles. The molecule has 0 aliphatic carbocycles. The monoisotopic (exact) mass is 239 g/mol. The van der Waals surface area contributed by atoms with E-state index in [0.717, 1.165) is 45.6 Å². The Morgan fingerprint density at radius 3 is 2.47 bits per heavy atom. The van der Waals surface area contributed by atoms with Gasteiger partial charge in [0.15, 0.2) is 0 Å². The largest absolute Gasteiger partial charge is 0.342 e. The molecular weight excluding hydrogens is 218 g/mol. The van der Waals surface area contributed by atoms with Crippen molar-refractivity contribution >= 4 is 11.8 Å². The van der Waals surface area contributed by atoms with E-state index in [1.165, 1.54) is 0 Å². The van der Waals surface area contributed by atoms with Crippen molar-refractivity contribution in [2.45, 2.75) is 19.8 Å². The van der Waals surface area contributed by atoms with Crippen molar-refractivity contribution in [2.75, 3.05) is 39.3 Å². The zero-order chi connectivity index (χ0) is 12.3. The molecule has 0 saturated carbocycles. The molecule has 0 radical (unpaired) electrons. The first kappa shape index (κ1) is 12.4. The zero-order valence-electron chi connectivity index (χ0n) is 10.4. The third-order valence-corrected chi connectivity index (χ3v) is 3.64. The predicted molar refractivity (Wildman–Crippen MR) is 64.4 cm³/mol. The first-order valence-corrected chi connectivity index (χ1v) is 6.43. The van der Waals surface area contributed by atoms with E-state index in [4.69, 9.17) is 0 Å². The molecule has 2 rings (SSSR count). The molecule has 0 spiro atoms. The van der Waals surface area contributed by atoms with Gasteiger partial charge in [0.1, 0.15) is 0 Å². The second kappa shape index (κ2) is 5.49. The Balaban J connectivity index is 1.91. The minimum absolute atomic E-state index is 0.0192. The fraction of sp³-hybridized carbons (Fsp3) is 0.833. The molecule has 5 nitrogen and oxygen atoms in total. The van der Waals surface area contributed by atoms with E-state index in [0.29, 0.717) is 6.54 Å². The number of nitrogens with zero attached hydrogens (tertiary/aromatic N) is 2. The third-order valence-electron chi connectivity index (χ3n) is 3.64. The number of nitrogens with one attached hydrogen (secondary N) is 1. The lowest BCUT2D eigenvalue weighted by atomic mass is 9.96. The molecule has 17 heavy (non-hydrogen) atoms. The molecule has 1 N–H and O–H groups in total. The van der Waals surface area contributed by atoms with Gasteiger partial charge < -0.3 is 15.1 Å². The van der Waals surface area contributed by atoms with E-state index in [1.54, 1.807) is 11.8 Å². The van der Waals surface area contributed by atoms with Gasteiger partial charge in [0.05, 0.1) is 5.92 Å². The first-order valence-electron chi connectivity index (χ1n) is 6.43. The number of hydrogen-bond acceptors (Lipinski definition) is 3. The first-order chi connectivity index (χ1) is 8.18. The second-order valence-corrected chi connectivity index (χ2v) is 4.88. The summed E-state index contributed by atoms with van der Waals surface area (Å²) < 4.78 is 0. The number of piperidine rings is 1. The predicted octanol–water partition coefficient (Wildman–Crippen LogP) is -0.323. The minimum Gasteiger partial charge on any atom is -0.342 e. The van der Waals surface area contributed by atoms with Crippen LogP contribution in [0.2, 0.25) is 0 Å². The molecule has 1 atom stereocenters. The number of likely N-dealkylation sites (tertiary alicyclic amines) is 1. The van der Waals surface area contributed by atoms with Crippen molar-refractivity contribution in [3.05, 3.63) is 0 Å². The minimum atomic E-state index is 0.0192. The highest BCUT2D eigenvalue weighted by atomic mass is 16.2. The lowest BCUT2D eigenvalue weighted by molar-refractivity contribution is -0.140. The Morgan fingerprint density at radius 1 is 1.12 bits per heavy atom. The third kappa shape index (κ3) is 2.97. The molecule has 2 saturated heterocycles. The molecule has 2 fully saturated rings. The van der Waals surface area contributed by atoms with Crippen LogP contribution < -0.4 is 5.32 Å². The summed E-state index contributed by atoms with van der Waals surface area (Å²) in [6.07, 6.45) is 1.87. The maximum absolute atomic E-state index is 12.3. The average Bonchev–Trinajstić information content (AvgIpc) is 2.39. The van der Waals surface area contributed by atoms with E-state index in [9.17, 15) is 9.59 Å². The van der Waals surface area contributed by atoms with Gasteiger partial charge in [-0.05, 0) is 12.8 Å². The van der Waals surface area contributed by atoms with E-state index in [-0.39, 0.29) is 17.7 Å². The maximum atomic E-state index is 12.3. The maximum Gasteiger partial charge on any atom is 0.227 e. The van der Waals surface area contributed by atoms with Crippen molar-refractivity contribution in [2.24, 2.45) is 5.92 Å². The fourth-order valence-electron chi connectivity index (χ4n) is 2.61. The van der Waals surface area contributed by atoms with Gasteiger partial charge in [-0.2, -0.15) is 0 Å². The van der Waals surface area contributed by atoms with Gasteiger partial charge >= 0.3 is 0 Å². The van der Waals surface area contributed by atoms with Crippen molar-refractivity contribution < 1.29 is 9.59 Å². The standard InChI is InChI=1S/C12H21N3O2/c1-10(16)15-6-2-3-11(9-15)12(17)14-7-4-13-5-8-14/h11,13H,2-9H2,1H3. The van der Waals surface area contributed by atoms with Gasteiger partial charge in [0.25, 0.3) is 0 Å². The summed E-state index contributed by atoms with van der Waals surface area (Å²) >= 11 is 0. The van der Waals surface area contributed by atoms with Gasteiger partial charge in [0, 0.05) is 46.2 Å². The molecule has 0 aromatic heterocycles. The molecule has 2 amide bonds. The van der Waals surface area contributed by atoms with Gasteiger partial charge in [-0.15, -0.1) is 0 Å². The lowest BCUT2D eigenvalue weighted by Gasteiger charge is -2.36. The van der Waals surface area contributed by atoms with Crippen molar-refractivity contribution in [3.8, 4) is 0 Å². The molecular formula is C12H21N3O2. The zero-order valence-corrected chi connectivity index (χ0v) is 10.4. The summed E-state index contributed by atoms with van der Waals surface area (Å²) in [6, 6.07) is 0. The van der Waals surface area contributed by atoms with Crippen molar-refractivity contribution in [1.29, 1.82) is 0 Å². The SMILES string of the molecule is CC(=O)N1CCCC(C(=O)N2CCNCC2)C1. The normalized spacial score (nSPS) is 25.8. The summed E-state index contributed by atoms with van der Waals surface area (Å²) in [7, 11) is 0. The van der Waals surface area contributed by atoms with Crippen LogP contribution in [0.25, 0.3) is 0 Å². The highest BCUT2D eigenvalue weighted by Crippen LogP contribution is 2.19. The highest BCUT2D eigenvalue weighted by Gasteiger charge is 2.30. The number of piperazine rings is 1. The molecule has 96 valence electrons. The van der Waals surface area contributed by atoms with Crippen LogP contribution in [0.4, 0.5) is 0 Å². The van der Waals surface area contributed by atoms with Crippen molar-refractivity contribution in [1.82, 2.24) is 15.1 Å². The molecule has 2 aliphatic rings. The number of amides is 2. The Kier molecular flexibility index (Phi) is 3.99. The molecule has 0 aromatic carbocycles. The van der Waals surface area contributed by atoms with Gasteiger partial charge in [0.2, 0.25) is 11.8 Å². The Hall–Kier alpha value is -1.10. The van der Waals surface area contributed by atoms with Crippen LogP contribution in [0.3, 0.4) is 0 Å². The fourth-order valence-corrected chi connectivity index (χ4v) is 2.61. The van der Waals surface area contributed by atoms with Crippen LogP contribution in [0.1, 0.15) is 19.8 Å². The van der Waals surface area contributed by atoms with Gasteiger partial charge in [-0.1, -0.05) is 0 Å². The van der Waals surface area contributed by atoms with Crippen LogP contribution in [-0.4, -0.2) is 60.9 Å². The van der Waals surface area contributed by atoms with Crippen LogP contribution >= 0.6 is 0 Å². The number of carbonyl (C=O) groups is 2. The molecule has 1 unspecified atom stereocenters. The molecule has 0 bridgehead atoms. The Morgan fingerprint density at radius 2 is 1.82 bits per heavy atom. The van der Waals surface area contributed by atoms with Crippen LogP contribution in [-0.2, 0) is 9.59 Å². The van der Waals surface area contributed by atoms with E-state index < -0.39 is 0 Å². The van der Waals surface area contributed by atoms with Gasteiger partial charge in [-0.3, -0.25) is 9.59 Å². The van der Waals surface area contributed by atoms with Crippen LogP contribution in [0.15, 0.2) is 0 Å². The summed E-state index contributed by atoms with van der Waals surface area (Å²) in [5.41, 5.74) is 0. The highest BCUT2D eigenvalue weighted by molar-refractivity contribution is 5.81. The second-order valence-electron chi connectivity index (χ2n) is 4.88.